The van der Waals surface area contributed by atoms with Crippen LogP contribution in [0.25, 0.3) is 0 Å². The van der Waals surface area contributed by atoms with Crippen LogP contribution in [0.3, 0.4) is 0 Å². The molecule has 0 radical (unpaired) electrons. The van der Waals surface area contributed by atoms with Gasteiger partial charge in [0.25, 0.3) is 0 Å². The normalized spacial score (nSPS) is 10.0. The second kappa shape index (κ2) is 4.81. The van der Waals surface area contributed by atoms with Crippen molar-refractivity contribution in [3.8, 4) is 0 Å². The topological polar surface area (TPSA) is 68.0 Å². The lowest BCUT2D eigenvalue weighted by Crippen LogP contribution is -2.11. The van der Waals surface area contributed by atoms with Gasteiger partial charge < -0.3 is 4.52 Å². The smallest absolute Gasteiger partial charge is 0.315 e. The Hall–Kier alpha value is -1.10. The van der Waals surface area contributed by atoms with Crippen molar-refractivity contribution in [1.82, 2.24) is 10.1 Å². The molecule has 1 amide bonds. The van der Waals surface area contributed by atoms with Gasteiger partial charge in [0, 0.05) is 12.3 Å². The third-order valence-corrected chi connectivity index (χ3v) is 1.58. The van der Waals surface area contributed by atoms with E-state index in [0.29, 0.717) is 24.5 Å². The van der Waals surface area contributed by atoms with Crippen molar-refractivity contribution >= 4 is 23.5 Å². The van der Waals surface area contributed by atoms with Crippen molar-refractivity contribution in [2.75, 3.05) is 11.2 Å². The molecule has 0 fully saturated rings. The Kier molecular flexibility index (Phi) is 3.70. The molecular formula is C7H10ClN3O2. The van der Waals surface area contributed by atoms with Crippen LogP contribution in [0, 0.1) is 6.92 Å². The zero-order valence-electron chi connectivity index (χ0n) is 7.21. The minimum Gasteiger partial charge on any atom is -0.315 e. The highest BCUT2D eigenvalue weighted by Crippen LogP contribution is 2.03. The molecule has 0 unspecified atom stereocenters. The van der Waals surface area contributed by atoms with Crippen LogP contribution >= 0.6 is 11.6 Å². The fourth-order valence-corrected chi connectivity index (χ4v) is 0.891. The van der Waals surface area contributed by atoms with Crippen molar-refractivity contribution in [3.63, 3.8) is 0 Å². The van der Waals surface area contributed by atoms with Crippen LogP contribution < -0.4 is 5.32 Å². The number of carbonyl (C=O) groups excluding carboxylic acids is 1. The van der Waals surface area contributed by atoms with E-state index in [9.17, 15) is 4.79 Å². The second-order valence-corrected chi connectivity index (χ2v) is 2.87. The molecule has 0 spiro atoms. The minimum absolute atomic E-state index is 0.136. The van der Waals surface area contributed by atoms with Gasteiger partial charge in [-0.25, -0.2) is 0 Å². The van der Waals surface area contributed by atoms with Crippen LogP contribution in [-0.4, -0.2) is 21.9 Å². The number of anilines is 1. The number of hydrogen-bond acceptors (Lipinski definition) is 4. The molecular weight excluding hydrogens is 194 g/mol. The largest absolute Gasteiger partial charge is 0.328 e. The van der Waals surface area contributed by atoms with Gasteiger partial charge in [0.1, 0.15) is 0 Å². The Bertz CT molecular complexity index is 287. The summed E-state index contributed by atoms with van der Waals surface area (Å²) in [6.45, 7) is 1.68. The molecule has 0 saturated carbocycles. The van der Waals surface area contributed by atoms with Crippen LogP contribution in [0.15, 0.2) is 4.52 Å². The summed E-state index contributed by atoms with van der Waals surface area (Å²) in [4.78, 5) is 14.9. The van der Waals surface area contributed by atoms with Gasteiger partial charge in [-0.1, -0.05) is 5.16 Å². The molecule has 0 aliphatic heterocycles. The standard InChI is InChI=1S/C7H10ClN3O2/c1-5-9-7(13-11-5)10-6(12)3-2-4-8/h2-4H2,1H3,(H,9,10,11,12). The monoisotopic (exact) mass is 203 g/mol. The molecule has 1 heterocycles. The van der Waals surface area contributed by atoms with Gasteiger partial charge in [-0.15, -0.1) is 11.6 Å². The van der Waals surface area contributed by atoms with Gasteiger partial charge >= 0.3 is 6.01 Å². The average Bonchev–Trinajstić information content (AvgIpc) is 2.48. The highest BCUT2D eigenvalue weighted by atomic mass is 35.5. The summed E-state index contributed by atoms with van der Waals surface area (Å²) in [5.74, 6) is 0.799. The van der Waals surface area contributed by atoms with E-state index in [1.165, 1.54) is 0 Å². The van der Waals surface area contributed by atoms with Gasteiger partial charge in [0.05, 0.1) is 0 Å². The zero-order valence-corrected chi connectivity index (χ0v) is 7.97. The van der Waals surface area contributed by atoms with E-state index in [1.54, 1.807) is 6.92 Å². The first-order valence-electron chi connectivity index (χ1n) is 3.88. The predicted octanol–water partition coefficient (Wildman–Crippen LogP) is 1.34. The number of aromatic nitrogens is 2. The highest BCUT2D eigenvalue weighted by Gasteiger charge is 2.06. The van der Waals surface area contributed by atoms with Crippen LogP contribution in [0.2, 0.25) is 0 Å². The Labute approximate surface area is 80.5 Å². The van der Waals surface area contributed by atoms with Crippen molar-refractivity contribution in [3.05, 3.63) is 5.82 Å². The molecule has 13 heavy (non-hydrogen) atoms. The maximum absolute atomic E-state index is 11.1. The molecule has 1 N–H and O–H groups in total. The lowest BCUT2D eigenvalue weighted by Gasteiger charge is -1.96. The van der Waals surface area contributed by atoms with Crippen LogP contribution in [-0.2, 0) is 4.79 Å². The van der Waals surface area contributed by atoms with E-state index in [0.717, 1.165) is 0 Å². The van der Waals surface area contributed by atoms with Crippen LogP contribution in [0.5, 0.6) is 0 Å². The maximum Gasteiger partial charge on any atom is 0.328 e. The molecule has 0 bridgehead atoms. The SMILES string of the molecule is Cc1noc(NC(=O)CCCCl)n1. The van der Waals surface area contributed by atoms with Gasteiger partial charge in [-0.2, -0.15) is 4.98 Å². The molecule has 72 valence electrons. The number of halogens is 1. The number of nitrogens with zero attached hydrogens (tertiary/aromatic N) is 2. The first-order chi connectivity index (χ1) is 6.22. The van der Waals surface area contributed by atoms with E-state index in [1.807, 2.05) is 0 Å². The molecule has 5 nitrogen and oxygen atoms in total. The van der Waals surface area contributed by atoms with Crippen molar-refractivity contribution in [2.45, 2.75) is 19.8 Å². The van der Waals surface area contributed by atoms with Gasteiger partial charge in [-0.3, -0.25) is 10.1 Å². The molecule has 0 aliphatic carbocycles. The number of hydrogen-bond donors (Lipinski definition) is 1. The van der Waals surface area contributed by atoms with E-state index < -0.39 is 0 Å². The molecule has 1 aromatic rings. The molecule has 1 aromatic heterocycles. The Morgan fingerprint density at radius 2 is 2.46 bits per heavy atom. The molecule has 1 rings (SSSR count). The number of nitrogens with one attached hydrogen (secondary N) is 1. The van der Waals surface area contributed by atoms with Crippen LogP contribution in [0.1, 0.15) is 18.7 Å². The summed E-state index contributed by atoms with van der Waals surface area (Å²) in [6.07, 6.45) is 1.01. The predicted molar refractivity (Wildman–Crippen MR) is 47.6 cm³/mol. The summed E-state index contributed by atoms with van der Waals surface area (Å²) < 4.78 is 4.69. The molecule has 0 saturated heterocycles. The summed E-state index contributed by atoms with van der Waals surface area (Å²) in [6, 6.07) is 0.136. The lowest BCUT2D eigenvalue weighted by molar-refractivity contribution is -0.116. The molecule has 0 aliphatic rings. The first kappa shape index (κ1) is 9.98. The van der Waals surface area contributed by atoms with Gasteiger partial charge in [0.15, 0.2) is 5.82 Å². The summed E-state index contributed by atoms with van der Waals surface area (Å²) in [7, 11) is 0. The van der Waals surface area contributed by atoms with E-state index in [2.05, 4.69) is 20.0 Å². The maximum atomic E-state index is 11.1. The Morgan fingerprint density at radius 1 is 1.69 bits per heavy atom. The van der Waals surface area contributed by atoms with Gasteiger partial charge in [-0.05, 0) is 13.3 Å². The molecule has 6 heteroatoms. The fraction of sp³-hybridized carbons (Fsp3) is 0.571. The minimum atomic E-state index is -0.163. The van der Waals surface area contributed by atoms with Crippen molar-refractivity contribution in [1.29, 1.82) is 0 Å². The first-order valence-corrected chi connectivity index (χ1v) is 4.42. The Morgan fingerprint density at radius 3 is 3.00 bits per heavy atom. The Balaban J connectivity index is 2.36. The number of amides is 1. The third kappa shape index (κ3) is 3.42. The van der Waals surface area contributed by atoms with E-state index >= 15 is 0 Å². The quantitative estimate of drug-likeness (QED) is 0.750. The summed E-state index contributed by atoms with van der Waals surface area (Å²) in [5.41, 5.74) is 0. The lowest BCUT2D eigenvalue weighted by atomic mass is 10.3. The summed E-state index contributed by atoms with van der Waals surface area (Å²) >= 11 is 5.42. The summed E-state index contributed by atoms with van der Waals surface area (Å²) in [5, 5.41) is 5.98. The number of alkyl halides is 1. The average molecular weight is 204 g/mol. The van der Waals surface area contributed by atoms with E-state index in [4.69, 9.17) is 11.6 Å². The number of carbonyl (C=O) groups is 1. The molecule has 0 aromatic carbocycles. The third-order valence-electron chi connectivity index (χ3n) is 1.31. The number of aryl methyl sites for hydroxylation is 1. The van der Waals surface area contributed by atoms with E-state index in [-0.39, 0.29) is 11.9 Å². The van der Waals surface area contributed by atoms with Crippen LogP contribution in [0.4, 0.5) is 6.01 Å². The fourth-order valence-electron chi connectivity index (χ4n) is 0.757. The van der Waals surface area contributed by atoms with Gasteiger partial charge in [0.2, 0.25) is 5.91 Å². The second-order valence-electron chi connectivity index (χ2n) is 2.49. The zero-order chi connectivity index (χ0) is 9.68. The van der Waals surface area contributed by atoms with Crippen molar-refractivity contribution in [2.24, 2.45) is 0 Å². The molecule has 0 atom stereocenters. The van der Waals surface area contributed by atoms with Crippen molar-refractivity contribution < 1.29 is 9.32 Å². The number of rotatable bonds is 4. The highest BCUT2D eigenvalue weighted by molar-refractivity contribution is 6.18.